The fourth-order valence-corrected chi connectivity index (χ4v) is 4.17. The number of nitrogens with zero attached hydrogens (tertiary/aromatic N) is 1. The summed E-state index contributed by atoms with van der Waals surface area (Å²) in [4.78, 5) is 2.68. The molecule has 1 aromatic rings. The highest BCUT2D eigenvalue weighted by molar-refractivity contribution is 5.29. The number of benzene rings is 1. The van der Waals surface area contributed by atoms with Crippen LogP contribution in [-0.2, 0) is 0 Å². The molecule has 0 spiro atoms. The Morgan fingerprint density at radius 1 is 1.20 bits per heavy atom. The number of methoxy groups -OCH3 is 1. The van der Waals surface area contributed by atoms with Crippen LogP contribution in [0.3, 0.4) is 0 Å². The number of hydrogen-bond donors (Lipinski definition) is 1. The van der Waals surface area contributed by atoms with Crippen LogP contribution in [-0.4, -0.2) is 31.1 Å². The van der Waals surface area contributed by atoms with Gasteiger partial charge in [0.05, 0.1) is 7.11 Å². The predicted octanol–water partition coefficient (Wildman–Crippen LogP) is 2.96. The lowest BCUT2D eigenvalue weighted by atomic mass is 9.89. The minimum atomic E-state index is 0.367. The van der Waals surface area contributed by atoms with Gasteiger partial charge in [0.2, 0.25) is 0 Å². The first-order chi connectivity index (χ1) is 9.83. The van der Waals surface area contributed by atoms with E-state index in [4.69, 9.17) is 10.5 Å². The first kappa shape index (κ1) is 13.9. The lowest BCUT2D eigenvalue weighted by Gasteiger charge is -2.42. The monoisotopic (exact) mass is 274 g/mol. The molecule has 2 fully saturated rings. The third-order valence-electron chi connectivity index (χ3n) is 5.16. The van der Waals surface area contributed by atoms with Crippen LogP contribution >= 0.6 is 0 Å². The van der Waals surface area contributed by atoms with Crippen molar-refractivity contribution in [2.75, 3.05) is 20.2 Å². The highest BCUT2D eigenvalue weighted by Crippen LogP contribution is 2.40. The number of nitrogens with two attached hydrogens (primary N) is 1. The second-order valence-electron chi connectivity index (χ2n) is 6.16. The maximum Gasteiger partial charge on any atom is 0.118 e. The number of fused-ring (bicyclic) bond motifs is 1. The molecule has 3 nitrogen and oxygen atoms in total. The van der Waals surface area contributed by atoms with Crippen molar-refractivity contribution in [1.29, 1.82) is 0 Å². The van der Waals surface area contributed by atoms with Crippen molar-refractivity contribution in [3.05, 3.63) is 29.8 Å². The normalized spacial score (nSPS) is 28.1. The van der Waals surface area contributed by atoms with E-state index < -0.39 is 0 Å². The minimum Gasteiger partial charge on any atom is -0.497 e. The molecule has 1 saturated heterocycles. The molecule has 3 heteroatoms. The Bertz CT molecular complexity index is 431. The van der Waals surface area contributed by atoms with E-state index >= 15 is 0 Å². The molecule has 1 aliphatic heterocycles. The molecule has 0 amide bonds. The van der Waals surface area contributed by atoms with Crippen molar-refractivity contribution < 1.29 is 4.74 Å². The van der Waals surface area contributed by atoms with E-state index in [0.29, 0.717) is 12.6 Å². The Hall–Kier alpha value is -1.06. The van der Waals surface area contributed by atoms with Gasteiger partial charge in [-0.2, -0.15) is 0 Å². The fraction of sp³-hybridized carbons (Fsp3) is 0.647. The van der Waals surface area contributed by atoms with Gasteiger partial charge >= 0.3 is 0 Å². The summed E-state index contributed by atoms with van der Waals surface area (Å²) < 4.78 is 5.25. The van der Waals surface area contributed by atoms with Crippen molar-refractivity contribution in [1.82, 2.24) is 4.90 Å². The zero-order valence-electron chi connectivity index (χ0n) is 12.4. The average molecular weight is 274 g/mol. The first-order valence-electron chi connectivity index (χ1n) is 7.93. The van der Waals surface area contributed by atoms with Crippen molar-refractivity contribution in [2.45, 2.75) is 44.2 Å². The van der Waals surface area contributed by atoms with Crippen LogP contribution in [0.5, 0.6) is 5.75 Å². The van der Waals surface area contributed by atoms with Gasteiger partial charge in [-0.25, -0.2) is 0 Å². The molecule has 1 aromatic carbocycles. The summed E-state index contributed by atoms with van der Waals surface area (Å²) in [6.07, 6.45) is 6.92. The quantitative estimate of drug-likeness (QED) is 0.917. The lowest BCUT2D eigenvalue weighted by Crippen LogP contribution is -2.46. The maximum absolute atomic E-state index is 6.12. The Balaban J connectivity index is 1.80. The Kier molecular flexibility index (Phi) is 4.27. The summed E-state index contributed by atoms with van der Waals surface area (Å²) >= 11 is 0. The van der Waals surface area contributed by atoms with Crippen LogP contribution in [0.15, 0.2) is 24.3 Å². The molecule has 0 aromatic heterocycles. The molecule has 1 saturated carbocycles. The van der Waals surface area contributed by atoms with Crippen LogP contribution in [0.4, 0.5) is 0 Å². The predicted molar refractivity (Wildman–Crippen MR) is 81.9 cm³/mol. The summed E-state index contributed by atoms with van der Waals surface area (Å²) in [6.45, 7) is 1.91. The molecule has 0 radical (unpaired) electrons. The minimum absolute atomic E-state index is 0.367. The smallest absolute Gasteiger partial charge is 0.118 e. The lowest BCUT2D eigenvalue weighted by molar-refractivity contribution is 0.0701. The highest BCUT2D eigenvalue weighted by Gasteiger charge is 2.38. The van der Waals surface area contributed by atoms with E-state index in [-0.39, 0.29) is 0 Å². The van der Waals surface area contributed by atoms with Gasteiger partial charge < -0.3 is 10.5 Å². The molecule has 3 atom stereocenters. The number of ether oxygens (including phenoxy) is 1. The van der Waals surface area contributed by atoms with Crippen LogP contribution in [0, 0.1) is 5.92 Å². The van der Waals surface area contributed by atoms with Gasteiger partial charge in [-0.3, -0.25) is 4.90 Å². The average Bonchev–Trinajstić information content (AvgIpc) is 2.98. The van der Waals surface area contributed by atoms with E-state index in [9.17, 15) is 0 Å². The topological polar surface area (TPSA) is 38.5 Å². The molecule has 1 heterocycles. The maximum atomic E-state index is 6.12. The van der Waals surface area contributed by atoms with Gasteiger partial charge in [0, 0.05) is 18.6 Å². The molecule has 110 valence electrons. The molecule has 1 aliphatic carbocycles. The number of likely N-dealkylation sites (tertiary alicyclic amines) is 1. The standard InChI is InChI=1S/C17H26N2O/c1-20-15-9-7-14(8-10-15)17(12-18)19-11-3-5-13-4-2-6-16(13)19/h7-10,13,16-17H,2-6,11-12,18H2,1H3. The van der Waals surface area contributed by atoms with E-state index in [1.54, 1.807) is 7.11 Å². The van der Waals surface area contributed by atoms with E-state index in [0.717, 1.165) is 17.7 Å². The zero-order chi connectivity index (χ0) is 13.9. The molecule has 20 heavy (non-hydrogen) atoms. The largest absolute Gasteiger partial charge is 0.497 e. The van der Waals surface area contributed by atoms with Crippen LogP contribution in [0.25, 0.3) is 0 Å². The second kappa shape index (κ2) is 6.15. The highest BCUT2D eigenvalue weighted by atomic mass is 16.5. The van der Waals surface area contributed by atoms with Gasteiger partial charge in [0.1, 0.15) is 5.75 Å². The van der Waals surface area contributed by atoms with Gasteiger partial charge in [0.25, 0.3) is 0 Å². The summed E-state index contributed by atoms with van der Waals surface area (Å²) in [7, 11) is 1.71. The van der Waals surface area contributed by atoms with Gasteiger partial charge in [-0.05, 0) is 55.8 Å². The Labute approximate surface area is 122 Å². The van der Waals surface area contributed by atoms with Crippen LogP contribution in [0.1, 0.15) is 43.7 Å². The third kappa shape index (κ3) is 2.57. The number of hydrogen-bond acceptors (Lipinski definition) is 3. The van der Waals surface area contributed by atoms with Crippen molar-refractivity contribution in [3.8, 4) is 5.75 Å². The molecule has 2 aliphatic rings. The molecule has 2 N–H and O–H groups in total. The van der Waals surface area contributed by atoms with Crippen LogP contribution < -0.4 is 10.5 Å². The summed E-state index contributed by atoms with van der Waals surface area (Å²) in [5, 5.41) is 0. The molecule has 3 rings (SSSR count). The molecular weight excluding hydrogens is 248 g/mol. The third-order valence-corrected chi connectivity index (χ3v) is 5.16. The van der Waals surface area contributed by atoms with Crippen LogP contribution in [0.2, 0.25) is 0 Å². The second-order valence-corrected chi connectivity index (χ2v) is 6.16. The summed E-state index contributed by atoms with van der Waals surface area (Å²) in [5.41, 5.74) is 7.45. The summed E-state index contributed by atoms with van der Waals surface area (Å²) in [5.74, 6) is 1.83. The zero-order valence-corrected chi connectivity index (χ0v) is 12.4. The first-order valence-corrected chi connectivity index (χ1v) is 7.93. The molecular formula is C17H26N2O. The van der Waals surface area contributed by atoms with Gasteiger partial charge in [-0.15, -0.1) is 0 Å². The van der Waals surface area contributed by atoms with E-state index in [1.807, 2.05) is 12.1 Å². The Morgan fingerprint density at radius 2 is 1.95 bits per heavy atom. The van der Waals surface area contributed by atoms with E-state index in [2.05, 4.69) is 17.0 Å². The van der Waals surface area contributed by atoms with Gasteiger partial charge in [-0.1, -0.05) is 18.6 Å². The van der Waals surface area contributed by atoms with Crippen molar-refractivity contribution in [2.24, 2.45) is 11.7 Å². The SMILES string of the molecule is COc1ccc(C(CN)N2CCCC3CCCC32)cc1. The molecule has 0 bridgehead atoms. The fourth-order valence-electron chi connectivity index (χ4n) is 4.17. The van der Waals surface area contributed by atoms with Crippen molar-refractivity contribution in [3.63, 3.8) is 0 Å². The summed E-state index contributed by atoms with van der Waals surface area (Å²) in [6, 6.07) is 9.58. The number of rotatable bonds is 4. The van der Waals surface area contributed by atoms with E-state index in [1.165, 1.54) is 44.2 Å². The number of piperidine rings is 1. The Morgan fingerprint density at radius 3 is 2.65 bits per heavy atom. The molecule has 3 unspecified atom stereocenters. The van der Waals surface area contributed by atoms with Gasteiger partial charge in [0.15, 0.2) is 0 Å². The van der Waals surface area contributed by atoms with Crippen molar-refractivity contribution >= 4 is 0 Å².